The predicted octanol–water partition coefficient (Wildman–Crippen LogP) is 1.14. The van der Waals surface area contributed by atoms with E-state index in [4.69, 9.17) is 5.73 Å². The van der Waals surface area contributed by atoms with Crippen molar-refractivity contribution in [1.29, 1.82) is 0 Å². The number of nitrogens with zero attached hydrogens (tertiary/aromatic N) is 1. The summed E-state index contributed by atoms with van der Waals surface area (Å²) in [5.41, 5.74) is 7.49. The SMILES string of the molecule is NC(=O)C1CCCN(c2cc3c(cc2Br)C(O)C(=O)N3)C1. The maximum atomic E-state index is 11.5. The Labute approximate surface area is 130 Å². The van der Waals surface area contributed by atoms with Gasteiger partial charge in [0.1, 0.15) is 0 Å². The van der Waals surface area contributed by atoms with Gasteiger partial charge in [0.05, 0.1) is 11.6 Å². The van der Waals surface area contributed by atoms with Crippen molar-refractivity contribution in [1.82, 2.24) is 0 Å². The van der Waals surface area contributed by atoms with Crippen LogP contribution in [0.2, 0.25) is 0 Å². The first-order valence-electron chi connectivity index (χ1n) is 6.84. The maximum Gasteiger partial charge on any atom is 0.257 e. The average Bonchev–Trinajstić information content (AvgIpc) is 2.73. The molecule has 3 rings (SSSR count). The van der Waals surface area contributed by atoms with Crippen molar-refractivity contribution in [3.63, 3.8) is 0 Å². The fraction of sp³-hybridized carbons (Fsp3) is 0.429. The van der Waals surface area contributed by atoms with Crippen LogP contribution in [0.4, 0.5) is 11.4 Å². The number of fused-ring (bicyclic) bond motifs is 1. The van der Waals surface area contributed by atoms with Crippen LogP contribution in [-0.2, 0) is 9.59 Å². The molecule has 2 atom stereocenters. The van der Waals surface area contributed by atoms with E-state index in [2.05, 4.69) is 26.1 Å². The molecule has 2 heterocycles. The van der Waals surface area contributed by atoms with E-state index >= 15 is 0 Å². The Morgan fingerprint density at radius 3 is 2.95 bits per heavy atom. The van der Waals surface area contributed by atoms with E-state index in [-0.39, 0.29) is 11.8 Å². The third-order valence-corrected chi connectivity index (χ3v) is 4.72. The molecular formula is C14H16BrN3O3. The lowest BCUT2D eigenvalue weighted by Gasteiger charge is -2.34. The Morgan fingerprint density at radius 2 is 2.24 bits per heavy atom. The first-order chi connectivity index (χ1) is 9.97. The van der Waals surface area contributed by atoms with Gasteiger partial charge in [-0.2, -0.15) is 0 Å². The van der Waals surface area contributed by atoms with Crippen LogP contribution < -0.4 is 16.0 Å². The number of hydrogen-bond acceptors (Lipinski definition) is 4. The largest absolute Gasteiger partial charge is 0.378 e. The monoisotopic (exact) mass is 353 g/mol. The van der Waals surface area contributed by atoms with Crippen LogP contribution in [-0.4, -0.2) is 30.0 Å². The van der Waals surface area contributed by atoms with Crippen LogP contribution >= 0.6 is 15.9 Å². The van der Waals surface area contributed by atoms with Gasteiger partial charge in [-0.1, -0.05) is 0 Å². The molecule has 7 heteroatoms. The zero-order valence-electron chi connectivity index (χ0n) is 11.3. The molecule has 4 N–H and O–H groups in total. The van der Waals surface area contributed by atoms with Gasteiger partial charge in [-0.05, 0) is 40.9 Å². The first-order valence-corrected chi connectivity index (χ1v) is 7.63. The van der Waals surface area contributed by atoms with E-state index in [9.17, 15) is 14.7 Å². The van der Waals surface area contributed by atoms with Crippen molar-refractivity contribution < 1.29 is 14.7 Å². The highest BCUT2D eigenvalue weighted by Gasteiger charge is 2.31. The lowest BCUT2D eigenvalue weighted by molar-refractivity contribution is -0.123. The molecule has 0 saturated carbocycles. The number of piperidine rings is 1. The zero-order chi connectivity index (χ0) is 15.1. The zero-order valence-corrected chi connectivity index (χ0v) is 12.9. The second-order valence-electron chi connectivity index (χ2n) is 5.47. The van der Waals surface area contributed by atoms with Gasteiger partial charge < -0.3 is 21.1 Å². The van der Waals surface area contributed by atoms with Crippen LogP contribution in [0.3, 0.4) is 0 Å². The van der Waals surface area contributed by atoms with Crippen molar-refractivity contribution in [3.05, 3.63) is 22.2 Å². The minimum Gasteiger partial charge on any atom is -0.378 e. The lowest BCUT2D eigenvalue weighted by atomic mass is 9.96. The summed E-state index contributed by atoms with van der Waals surface area (Å²) in [4.78, 5) is 25.0. The van der Waals surface area contributed by atoms with Gasteiger partial charge in [-0.25, -0.2) is 0 Å². The second-order valence-corrected chi connectivity index (χ2v) is 6.32. The van der Waals surface area contributed by atoms with Gasteiger partial charge in [0.25, 0.3) is 5.91 Å². The normalized spacial score (nSPS) is 24.7. The minimum absolute atomic E-state index is 0.154. The molecule has 0 aromatic heterocycles. The molecule has 0 radical (unpaired) electrons. The van der Waals surface area contributed by atoms with Crippen molar-refractivity contribution in [3.8, 4) is 0 Å². The molecule has 1 fully saturated rings. The number of carbonyl (C=O) groups is 2. The van der Waals surface area contributed by atoms with Gasteiger partial charge in [0.2, 0.25) is 5.91 Å². The third kappa shape index (κ3) is 2.51. The number of carbonyl (C=O) groups excluding carboxylic acids is 2. The molecule has 2 unspecified atom stereocenters. The quantitative estimate of drug-likeness (QED) is 0.742. The van der Waals surface area contributed by atoms with Crippen LogP contribution in [0.5, 0.6) is 0 Å². The molecule has 21 heavy (non-hydrogen) atoms. The predicted molar refractivity (Wildman–Crippen MR) is 81.9 cm³/mol. The highest BCUT2D eigenvalue weighted by atomic mass is 79.9. The molecule has 0 bridgehead atoms. The maximum absolute atomic E-state index is 11.5. The summed E-state index contributed by atoms with van der Waals surface area (Å²) < 4.78 is 0.793. The van der Waals surface area contributed by atoms with Gasteiger partial charge in [-0.3, -0.25) is 9.59 Å². The molecule has 1 saturated heterocycles. The number of halogens is 1. The van der Waals surface area contributed by atoms with Crippen LogP contribution in [0.15, 0.2) is 16.6 Å². The Kier molecular flexibility index (Phi) is 3.62. The van der Waals surface area contributed by atoms with E-state index in [1.165, 1.54) is 0 Å². The third-order valence-electron chi connectivity index (χ3n) is 4.08. The van der Waals surface area contributed by atoms with E-state index in [0.29, 0.717) is 17.8 Å². The van der Waals surface area contributed by atoms with Gasteiger partial charge in [0, 0.05) is 28.8 Å². The number of primary amides is 1. The number of nitrogens with two attached hydrogens (primary N) is 1. The molecular weight excluding hydrogens is 338 g/mol. The molecule has 2 aliphatic rings. The number of nitrogens with one attached hydrogen (secondary N) is 1. The summed E-state index contributed by atoms with van der Waals surface area (Å²) in [6.07, 6.45) is 0.584. The number of aliphatic hydroxyl groups is 1. The highest BCUT2D eigenvalue weighted by Crippen LogP contribution is 2.40. The fourth-order valence-corrected chi connectivity index (χ4v) is 3.54. The molecule has 0 aliphatic carbocycles. The minimum atomic E-state index is -1.12. The summed E-state index contributed by atoms with van der Waals surface area (Å²) in [5.74, 6) is -0.845. The molecule has 112 valence electrons. The summed E-state index contributed by atoms with van der Waals surface area (Å²) in [6.45, 7) is 1.40. The Hall–Kier alpha value is -1.60. The van der Waals surface area contributed by atoms with E-state index in [1.807, 2.05) is 6.07 Å². The number of rotatable bonds is 2. The molecule has 1 aromatic rings. The Morgan fingerprint density at radius 1 is 1.48 bits per heavy atom. The fourth-order valence-electron chi connectivity index (χ4n) is 2.92. The number of hydrogen-bond donors (Lipinski definition) is 3. The number of benzene rings is 1. The topological polar surface area (TPSA) is 95.7 Å². The summed E-state index contributed by atoms with van der Waals surface area (Å²) in [7, 11) is 0. The summed E-state index contributed by atoms with van der Waals surface area (Å²) in [5, 5.41) is 12.4. The molecule has 2 aliphatic heterocycles. The van der Waals surface area contributed by atoms with Crippen molar-refractivity contribution in [2.24, 2.45) is 11.7 Å². The van der Waals surface area contributed by atoms with E-state index in [0.717, 1.165) is 29.5 Å². The Bertz CT molecular complexity index is 620. The number of anilines is 2. The van der Waals surface area contributed by atoms with Crippen molar-refractivity contribution >= 4 is 39.1 Å². The van der Waals surface area contributed by atoms with E-state index < -0.39 is 12.0 Å². The van der Waals surface area contributed by atoms with Crippen molar-refractivity contribution in [2.45, 2.75) is 18.9 Å². The Balaban J connectivity index is 1.91. The highest BCUT2D eigenvalue weighted by molar-refractivity contribution is 9.10. The first kappa shape index (κ1) is 14.3. The molecule has 1 aromatic carbocycles. The van der Waals surface area contributed by atoms with E-state index in [1.54, 1.807) is 6.07 Å². The van der Waals surface area contributed by atoms with Gasteiger partial charge in [-0.15, -0.1) is 0 Å². The number of aliphatic hydroxyl groups excluding tert-OH is 1. The second kappa shape index (κ2) is 5.31. The molecule has 2 amide bonds. The summed E-state index contributed by atoms with van der Waals surface area (Å²) in [6, 6.07) is 3.58. The van der Waals surface area contributed by atoms with Crippen LogP contribution in [0.25, 0.3) is 0 Å². The standard InChI is InChI=1S/C14H16BrN3O3/c15-9-4-8-10(17-14(21)12(8)19)5-11(9)18-3-1-2-7(6-18)13(16)20/h4-5,7,12,19H,1-3,6H2,(H2,16,20)(H,17,21). The average molecular weight is 354 g/mol. The number of amides is 2. The van der Waals surface area contributed by atoms with Crippen molar-refractivity contribution in [2.75, 3.05) is 23.3 Å². The van der Waals surface area contributed by atoms with Crippen LogP contribution in [0, 0.1) is 5.92 Å². The molecule has 0 spiro atoms. The van der Waals surface area contributed by atoms with Gasteiger partial charge in [0.15, 0.2) is 6.10 Å². The lowest BCUT2D eigenvalue weighted by Crippen LogP contribution is -2.41. The van der Waals surface area contributed by atoms with Crippen LogP contribution in [0.1, 0.15) is 24.5 Å². The summed E-state index contributed by atoms with van der Waals surface area (Å²) >= 11 is 3.48. The molecule has 6 nitrogen and oxygen atoms in total. The smallest absolute Gasteiger partial charge is 0.257 e. The van der Waals surface area contributed by atoms with Gasteiger partial charge >= 0.3 is 0 Å².